The summed E-state index contributed by atoms with van der Waals surface area (Å²) in [5, 5.41) is 11.8. The summed E-state index contributed by atoms with van der Waals surface area (Å²) in [7, 11) is 0. The van der Waals surface area contributed by atoms with Crippen LogP contribution < -0.4 is 5.32 Å². The minimum absolute atomic E-state index is 0.161. The first kappa shape index (κ1) is 19.2. The number of furan rings is 1. The van der Waals surface area contributed by atoms with Crippen LogP contribution in [0, 0.1) is 6.92 Å². The molecular weight excluding hydrogens is 346 g/mol. The van der Waals surface area contributed by atoms with Crippen molar-refractivity contribution in [1.29, 1.82) is 0 Å². The molecule has 1 saturated carbocycles. The second-order valence-corrected chi connectivity index (χ2v) is 7.01. The van der Waals surface area contributed by atoms with E-state index in [4.69, 9.17) is 14.3 Å². The zero-order chi connectivity index (χ0) is 19.2. The van der Waals surface area contributed by atoms with E-state index in [1.54, 1.807) is 13.0 Å². The third-order valence-electron chi connectivity index (χ3n) is 4.81. The second-order valence-electron chi connectivity index (χ2n) is 7.01. The number of amides is 1. The highest BCUT2D eigenvalue weighted by Gasteiger charge is 2.21. The molecule has 1 aromatic heterocycles. The number of aliphatic carboxylic acids is 1. The summed E-state index contributed by atoms with van der Waals surface area (Å²) in [5.74, 6) is -1.25. The third-order valence-corrected chi connectivity index (χ3v) is 4.81. The predicted molar refractivity (Wildman–Crippen MR) is 101 cm³/mol. The number of benzene rings is 1. The van der Waals surface area contributed by atoms with Crippen LogP contribution in [0.1, 0.15) is 59.3 Å². The monoisotopic (exact) mass is 371 g/mol. The Morgan fingerprint density at radius 2 is 2.04 bits per heavy atom. The van der Waals surface area contributed by atoms with E-state index >= 15 is 0 Å². The number of nitrogens with one attached hydrogen (secondary N) is 1. The first-order chi connectivity index (χ1) is 13.0. The maximum atomic E-state index is 12.6. The number of anilines is 1. The Morgan fingerprint density at radius 1 is 1.26 bits per heavy atom. The highest BCUT2D eigenvalue weighted by molar-refractivity contribution is 6.06. The summed E-state index contributed by atoms with van der Waals surface area (Å²) in [5.41, 5.74) is 2.53. The third kappa shape index (κ3) is 5.20. The fourth-order valence-electron chi connectivity index (χ4n) is 3.45. The van der Waals surface area contributed by atoms with E-state index in [2.05, 4.69) is 5.32 Å². The Kier molecular flexibility index (Phi) is 6.29. The van der Waals surface area contributed by atoms with Crippen molar-refractivity contribution >= 4 is 17.6 Å². The molecule has 1 aliphatic carbocycles. The van der Waals surface area contributed by atoms with Gasteiger partial charge in [-0.3, -0.25) is 9.59 Å². The van der Waals surface area contributed by atoms with Gasteiger partial charge >= 0.3 is 5.97 Å². The molecule has 0 atom stereocenters. The summed E-state index contributed by atoms with van der Waals surface area (Å²) in [4.78, 5) is 23.6. The van der Waals surface area contributed by atoms with Crippen molar-refractivity contribution < 1.29 is 23.8 Å². The number of carboxylic acid groups (broad SMARTS) is 1. The van der Waals surface area contributed by atoms with Gasteiger partial charge < -0.3 is 19.6 Å². The molecule has 144 valence electrons. The molecule has 1 aromatic carbocycles. The SMILES string of the molecule is Cc1coc(CC(=O)O)c1C(=O)Nc1cccc(COC2CCCCC2)c1. The van der Waals surface area contributed by atoms with Crippen molar-refractivity contribution in [2.75, 3.05) is 5.32 Å². The lowest BCUT2D eigenvalue weighted by atomic mass is 9.98. The van der Waals surface area contributed by atoms with Crippen LogP contribution in [-0.4, -0.2) is 23.1 Å². The number of aryl methyl sites for hydroxylation is 1. The van der Waals surface area contributed by atoms with Gasteiger partial charge in [0.05, 0.1) is 24.5 Å². The molecule has 1 amide bonds. The van der Waals surface area contributed by atoms with Gasteiger partial charge in [0.1, 0.15) is 12.2 Å². The molecule has 0 aliphatic heterocycles. The normalized spacial score (nSPS) is 14.9. The maximum Gasteiger partial charge on any atom is 0.311 e. The number of hydrogen-bond donors (Lipinski definition) is 2. The summed E-state index contributed by atoms with van der Waals surface area (Å²) in [6.07, 6.45) is 7.37. The van der Waals surface area contributed by atoms with E-state index in [-0.39, 0.29) is 23.7 Å². The average molecular weight is 371 g/mol. The molecule has 6 nitrogen and oxygen atoms in total. The van der Waals surface area contributed by atoms with E-state index in [1.165, 1.54) is 25.5 Å². The number of carbonyl (C=O) groups excluding carboxylic acids is 1. The molecule has 1 aliphatic rings. The number of hydrogen-bond acceptors (Lipinski definition) is 4. The molecule has 3 rings (SSSR count). The van der Waals surface area contributed by atoms with Gasteiger partial charge in [-0.15, -0.1) is 0 Å². The Hall–Kier alpha value is -2.60. The standard InChI is InChI=1S/C21H25NO5/c1-14-12-27-18(11-19(23)24)20(14)21(25)22-16-7-5-6-15(10-16)13-26-17-8-3-2-4-9-17/h5-7,10,12,17H,2-4,8-9,11,13H2,1H3,(H,22,25)(H,23,24). The zero-order valence-corrected chi connectivity index (χ0v) is 15.5. The van der Waals surface area contributed by atoms with Gasteiger partial charge in [0.15, 0.2) is 0 Å². The van der Waals surface area contributed by atoms with Gasteiger partial charge in [0, 0.05) is 11.3 Å². The first-order valence-corrected chi connectivity index (χ1v) is 9.33. The van der Waals surface area contributed by atoms with Gasteiger partial charge in [-0.1, -0.05) is 31.4 Å². The van der Waals surface area contributed by atoms with E-state index < -0.39 is 5.97 Å². The van der Waals surface area contributed by atoms with Crippen molar-refractivity contribution in [1.82, 2.24) is 0 Å². The van der Waals surface area contributed by atoms with E-state index in [9.17, 15) is 9.59 Å². The number of carboxylic acids is 1. The molecule has 0 bridgehead atoms. The summed E-state index contributed by atoms with van der Waals surface area (Å²) in [6.45, 7) is 2.24. The molecular formula is C21H25NO5. The Bertz CT molecular complexity index is 805. The summed E-state index contributed by atoms with van der Waals surface area (Å²) < 4.78 is 11.2. The van der Waals surface area contributed by atoms with Crippen molar-refractivity contribution in [3.63, 3.8) is 0 Å². The van der Waals surface area contributed by atoms with Crippen molar-refractivity contribution in [3.8, 4) is 0 Å². The average Bonchev–Trinajstić information content (AvgIpc) is 3.01. The fraction of sp³-hybridized carbons (Fsp3) is 0.429. The van der Waals surface area contributed by atoms with Gasteiger partial charge in [-0.25, -0.2) is 0 Å². The molecule has 2 aromatic rings. The molecule has 0 radical (unpaired) electrons. The quantitative estimate of drug-likeness (QED) is 0.757. The number of rotatable bonds is 7. The van der Waals surface area contributed by atoms with E-state index in [0.717, 1.165) is 18.4 Å². The highest BCUT2D eigenvalue weighted by atomic mass is 16.5. The van der Waals surface area contributed by atoms with Crippen molar-refractivity contribution in [2.45, 2.75) is 58.2 Å². The topological polar surface area (TPSA) is 88.8 Å². The molecule has 27 heavy (non-hydrogen) atoms. The lowest BCUT2D eigenvalue weighted by Gasteiger charge is -2.22. The van der Waals surface area contributed by atoms with E-state index in [1.807, 2.05) is 18.2 Å². The largest absolute Gasteiger partial charge is 0.481 e. The fourth-order valence-corrected chi connectivity index (χ4v) is 3.45. The van der Waals surface area contributed by atoms with Crippen molar-refractivity contribution in [3.05, 3.63) is 53.0 Å². The van der Waals surface area contributed by atoms with Crippen LogP contribution in [0.15, 0.2) is 34.9 Å². The Morgan fingerprint density at radius 3 is 2.78 bits per heavy atom. The Balaban J connectivity index is 1.64. The lowest BCUT2D eigenvalue weighted by Crippen LogP contribution is -2.17. The highest BCUT2D eigenvalue weighted by Crippen LogP contribution is 2.23. The van der Waals surface area contributed by atoms with Gasteiger partial charge in [0.25, 0.3) is 5.91 Å². The number of carbonyl (C=O) groups is 2. The molecule has 1 heterocycles. The van der Waals surface area contributed by atoms with Gasteiger partial charge in [-0.2, -0.15) is 0 Å². The van der Waals surface area contributed by atoms with Crippen LogP contribution in [0.5, 0.6) is 0 Å². The summed E-state index contributed by atoms with van der Waals surface area (Å²) in [6, 6.07) is 7.52. The second kappa shape index (κ2) is 8.86. The molecule has 1 fully saturated rings. The van der Waals surface area contributed by atoms with E-state index in [0.29, 0.717) is 24.0 Å². The molecule has 2 N–H and O–H groups in total. The minimum atomic E-state index is -1.04. The smallest absolute Gasteiger partial charge is 0.311 e. The molecule has 6 heteroatoms. The number of ether oxygens (including phenoxy) is 1. The van der Waals surface area contributed by atoms with Crippen LogP contribution >= 0.6 is 0 Å². The molecule has 0 unspecified atom stereocenters. The predicted octanol–water partition coefficient (Wildman–Crippen LogP) is 4.32. The van der Waals surface area contributed by atoms with Crippen LogP contribution in [0.3, 0.4) is 0 Å². The first-order valence-electron chi connectivity index (χ1n) is 9.33. The van der Waals surface area contributed by atoms with Crippen LogP contribution in [-0.2, 0) is 22.6 Å². The van der Waals surface area contributed by atoms with Gasteiger partial charge in [-0.05, 0) is 37.5 Å². The van der Waals surface area contributed by atoms with Crippen LogP contribution in [0.2, 0.25) is 0 Å². The summed E-state index contributed by atoms with van der Waals surface area (Å²) >= 11 is 0. The lowest BCUT2D eigenvalue weighted by molar-refractivity contribution is -0.136. The minimum Gasteiger partial charge on any atom is -0.481 e. The zero-order valence-electron chi connectivity index (χ0n) is 15.5. The van der Waals surface area contributed by atoms with Crippen molar-refractivity contribution in [2.24, 2.45) is 0 Å². The van der Waals surface area contributed by atoms with Gasteiger partial charge in [0.2, 0.25) is 0 Å². The van der Waals surface area contributed by atoms with Crippen LogP contribution in [0.25, 0.3) is 0 Å². The Labute approximate surface area is 158 Å². The maximum absolute atomic E-state index is 12.6. The van der Waals surface area contributed by atoms with Crippen LogP contribution in [0.4, 0.5) is 5.69 Å². The molecule has 0 spiro atoms. The molecule has 0 saturated heterocycles.